The molecule has 1 N–H and O–H groups in total. The van der Waals surface area contributed by atoms with Gasteiger partial charge in [0.05, 0.1) is 6.61 Å². The fraction of sp³-hybridized carbons (Fsp3) is 0.333. The van der Waals surface area contributed by atoms with Gasteiger partial charge in [-0.3, -0.25) is 0 Å². The first-order chi connectivity index (χ1) is 9.77. The maximum absolute atomic E-state index is 6.10. The van der Waals surface area contributed by atoms with Gasteiger partial charge in [0, 0.05) is 12.6 Å². The van der Waals surface area contributed by atoms with Crippen molar-refractivity contribution in [1.29, 1.82) is 0 Å². The van der Waals surface area contributed by atoms with Crippen molar-refractivity contribution >= 4 is 0 Å². The zero-order chi connectivity index (χ0) is 14.2. The van der Waals surface area contributed by atoms with E-state index in [1.807, 2.05) is 12.1 Å². The second-order valence-corrected chi connectivity index (χ2v) is 5.18. The SMILES string of the molecule is CC(C)NCCOC(c1ccccc1)c1ccccc1. The minimum absolute atomic E-state index is 0.00589. The van der Waals surface area contributed by atoms with Gasteiger partial charge in [-0.15, -0.1) is 0 Å². The second kappa shape index (κ2) is 7.83. The van der Waals surface area contributed by atoms with Crippen LogP contribution in [-0.4, -0.2) is 19.2 Å². The third kappa shape index (κ3) is 4.48. The smallest absolute Gasteiger partial charge is 0.108 e. The summed E-state index contributed by atoms with van der Waals surface area (Å²) in [5, 5.41) is 3.38. The molecule has 20 heavy (non-hydrogen) atoms. The zero-order valence-corrected chi connectivity index (χ0v) is 12.3. The normalized spacial score (nSPS) is 11.2. The van der Waals surface area contributed by atoms with Gasteiger partial charge in [-0.05, 0) is 11.1 Å². The maximum atomic E-state index is 6.10. The van der Waals surface area contributed by atoms with Crippen LogP contribution in [0.5, 0.6) is 0 Å². The molecule has 106 valence electrons. The summed E-state index contributed by atoms with van der Waals surface area (Å²) in [6.45, 7) is 5.86. The van der Waals surface area contributed by atoms with Gasteiger partial charge >= 0.3 is 0 Å². The number of hydrogen-bond donors (Lipinski definition) is 1. The summed E-state index contributed by atoms with van der Waals surface area (Å²) in [4.78, 5) is 0. The van der Waals surface area contributed by atoms with Crippen LogP contribution in [0.15, 0.2) is 60.7 Å². The monoisotopic (exact) mass is 269 g/mol. The van der Waals surface area contributed by atoms with Crippen LogP contribution < -0.4 is 5.32 Å². The molecule has 0 aliphatic carbocycles. The predicted molar refractivity (Wildman–Crippen MR) is 83.8 cm³/mol. The van der Waals surface area contributed by atoms with E-state index < -0.39 is 0 Å². The van der Waals surface area contributed by atoms with Crippen LogP contribution >= 0.6 is 0 Å². The Morgan fingerprint density at radius 1 is 0.850 bits per heavy atom. The van der Waals surface area contributed by atoms with Crippen molar-refractivity contribution in [3.8, 4) is 0 Å². The van der Waals surface area contributed by atoms with Crippen LogP contribution in [0.4, 0.5) is 0 Å². The van der Waals surface area contributed by atoms with Crippen molar-refractivity contribution in [1.82, 2.24) is 5.32 Å². The number of ether oxygens (including phenoxy) is 1. The topological polar surface area (TPSA) is 21.3 Å². The minimum atomic E-state index is 0.00589. The van der Waals surface area contributed by atoms with Crippen molar-refractivity contribution in [2.75, 3.05) is 13.2 Å². The first kappa shape index (κ1) is 14.8. The molecular weight excluding hydrogens is 246 g/mol. The molecule has 0 spiro atoms. The lowest BCUT2D eigenvalue weighted by Gasteiger charge is -2.19. The second-order valence-electron chi connectivity index (χ2n) is 5.18. The highest BCUT2D eigenvalue weighted by Crippen LogP contribution is 2.25. The molecule has 0 atom stereocenters. The summed E-state index contributed by atoms with van der Waals surface area (Å²) >= 11 is 0. The summed E-state index contributed by atoms with van der Waals surface area (Å²) in [6.07, 6.45) is 0.00589. The lowest BCUT2D eigenvalue weighted by molar-refractivity contribution is 0.0811. The molecule has 2 rings (SSSR count). The minimum Gasteiger partial charge on any atom is -0.367 e. The third-order valence-electron chi connectivity index (χ3n) is 3.14. The molecule has 0 unspecified atom stereocenters. The molecule has 0 bridgehead atoms. The first-order valence-corrected chi connectivity index (χ1v) is 7.22. The summed E-state index contributed by atoms with van der Waals surface area (Å²) in [5.41, 5.74) is 2.39. The number of benzene rings is 2. The van der Waals surface area contributed by atoms with Crippen LogP contribution in [0.1, 0.15) is 31.1 Å². The van der Waals surface area contributed by atoms with Crippen LogP contribution in [0, 0.1) is 0 Å². The fourth-order valence-corrected chi connectivity index (χ4v) is 2.16. The molecule has 2 nitrogen and oxygen atoms in total. The van der Waals surface area contributed by atoms with Gasteiger partial charge in [0.1, 0.15) is 6.10 Å². The number of rotatable bonds is 7. The van der Waals surface area contributed by atoms with Crippen LogP contribution in [0.25, 0.3) is 0 Å². The van der Waals surface area contributed by atoms with Crippen molar-refractivity contribution < 1.29 is 4.74 Å². The summed E-state index contributed by atoms with van der Waals surface area (Å²) in [5.74, 6) is 0. The third-order valence-corrected chi connectivity index (χ3v) is 3.14. The van der Waals surface area contributed by atoms with Gasteiger partial charge in [-0.1, -0.05) is 74.5 Å². The Hall–Kier alpha value is -1.64. The summed E-state index contributed by atoms with van der Waals surface area (Å²) in [6, 6.07) is 21.3. The van der Waals surface area contributed by atoms with Crippen LogP contribution in [-0.2, 0) is 4.74 Å². The van der Waals surface area contributed by atoms with E-state index in [4.69, 9.17) is 4.74 Å². The average molecular weight is 269 g/mol. The van der Waals surface area contributed by atoms with Crippen LogP contribution in [0.2, 0.25) is 0 Å². The molecular formula is C18H23NO. The average Bonchev–Trinajstić information content (AvgIpc) is 2.49. The van der Waals surface area contributed by atoms with E-state index >= 15 is 0 Å². The molecule has 0 saturated heterocycles. The molecule has 0 radical (unpaired) electrons. The molecule has 0 aromatic heterocycles. The molecule has 2 heteroatoms. The quantitative estimate of drug-likeness (QED) is 0.772. The first-order valence-electron chi connectivity index (χ1n) is 7.22. The Morgan fingerprint density at radius 2 is 1.35 bits per heavy atom. The summed E-state index contributed by atoms with van der Waals surface area (Å²) in [7, 11) is 0. The van der Waals surface area contributed by atoms with E-state index in [1.54, 1.807) is 0 Å². The predicted octanol–water partition coefficient (Wildman–Crippen LogP) is 3.79. The highest BCUT2D eigenvalue weighted by Gasteiger charge is 2.13. The highest BCUT2D eigenvalue weighted by atomic mass is 16.5. The van der Waals surface area contributed by atoms with Gasteiger partial charge in [0.25, 0.3) is 0 Å². The van der Waals surface area contributed by atoms with E-state index in [0.29, 0.717) is 12.6 Å². The lowest BCUT2D eigenvalue weighted by atomic mass is 10.0. The molecule has 0 heterocycles. The number of nitrogens with one attached hydrogen (secondary N) is 1. The Kier molecular flexibility index (Phi) is 5.78. The Labute approximate surface area is 121 Å². The molecule has 2 aromatic carbocycles. The van der Waals surface area contributed by atoms with Crippen molar-refractivity contribution in [2.24, 2.45) is 0 Å². The van der Waals surface area contributed by atoms with Crippen LogP contribution in [0.3, 0.4) is 0 Å². The molecule has 2 aromatic rings. The van der Waals surface area contributed by atoms with Crippen molar-refractivity contribution in [2.45, 2.75) is 26.0 Å². The van der Waals surface area contributed by atoms with Gasteiger partial charge in [0.15, 0.2) is 0 Å². The fourth-order valence-electron chi connectivity index (χ4n) is 2.16. The molecule has 0 amide bonds. The Balaban J connectivity index is 2.06. The number of hydrogen-bond acceptors (Lipinski definition) is 2. The van der Waals surface area contributed by atoms with E-state index in [-0.39, 0.29) is 6.10 Å². The van der Waals surface area contributed by atoms with E-state index in [9.17, 15) is 0 Å². The lowest BCUT2D eigenvalue weighted by Crippen LogP contribution is -2.27. The Morgan fingerprint density at radius 3 is 1.80 bits per heavy atom. The van der Waals surface area contributed by atoms with E-state index in [2.05, 4.69) is 67.7 Å². The highest BCUT2D eigenvalue weighted by molar-refractivity contribution is 5.29. The molecule has 0 aliphatic heterocycles. The molecule has 0 aliphatic rings. The Bertz CT molecular complexity index is 442. The molecule has 0 fully saturated rings. The van der Waals surface area contributed by atoms with Gasteiger partial charge in [-0.2, -0.15) is 0 Å². The van der Waals surface area contributed by atoms with E-state index in [0.717, 1.165) is 6.54 Å². The van der Waals surface area contributed by atoms with Gasteiger partial charge in [0.2, 0.25) is 0 Å². The van der Waals surface area contributed by atoms with Crippen molar-refractivity contribution in [3.05, 3.63) is 71.8 Å². The van der Waals surface area contributed by atoms with Gasteiger partial charge < -0.3 is 10.1 Å². The van der Waals surface area contributed by atoms with Crippen molar-refractivity contribution in [3.63, 3.8) is 0 Å². The summed E-state index contributed by atoms with van der Waals surface area (Å²) < 4.78 is 6.10. The maximum Gasteiger partial charge on any atom is 0.108 e. The molecule has 0 saturated carbocycles. The standard InChI is InChI=1S/C18H23NO/c1-15(2)19-13-14-20-18(16-9-5-3-6-10-16)17-11-7-4-8-12-17/h3-12,15,18-19H,13-14H2,1-2H3. The van der Waals surface area contributed by atoms with E-state index in [1.165, 1.54) is 11.1 Å². The van der Waals surface area contributed by atoms with Gasteiger partial charge in [-0.25, -0.2) is 0 Å². The zero-order valence-electron chi connectivity index (χ0n) is 12.3. The largest absolute Gasteiger partial charge is 0.367 e.